The first-order valence-corrected chi connectivity index (χ1v) is 10.9. The number of hydrogen-bond acceptors (Lipinski definition) is 0. The molecule has 2 rings (SSSR count). The molecule has 0 aromatic heterocycles. The van der Waals surface area contributed by atoms with Crippen LogP contribution in [0.2, 0.25) is 25.7 Å². The monoisotopic (exact) mass is 248 g/mol. The number of rotatable bonds is 2. The van der Waals surface area contributed by atoms with Crippen LogP contribution in [0.4, 0.5) is 0 Å². The van der Waals surface area contributed by atoms with Gasteiger partial charge >= 0.3 is 0 Å². The van der Waals surface area contributed by atoms with E-state index in [2.05, 4.69) is 52.6 Å². The van der Waals surface area contributed by atoms with Gasteiger partial charge in [-0.1, -0.05) is 55.9 Å². The summed E-state index contributed by atoms with van der Waals surface area (Å²) in [6, 6.07) is 1.51. The lowest BCUT2D eigenvalue weighted by atomic mass is 9.78. The maximum Gasteiger partial charge on any atom is 0.0445 e. The van der Waals surface area contributed by atoms with Gasteiger partial charge in [0.1, 0.15) is 0 Å². The molecule has 0 aliphatic heterocycles. The van der Waals surface area contributed by atoms with Crippen LogP contribution in [-0.2, 0) is 0 Å². The number of allylic oxidation sites excluding steroid dienone is 4. The van der Waals surface area contributed by atoms with E-state index in [1.165, 1.54) is 18.0 Å². The van der Waals surface area contributed by atoms with E-state index in [4.69, 9.17) is 0 Å². The molecule has 0 amide bonds. The van der Waals surface area contributed by atoms with Crippen molar-refractivity contribution in [3.8, 4) is 0 Å². The largest absolute Gasteiger partial charge is 0.0776 e. The van der Waals surface area contributed by atoms with Crippen molar-refractivity contribution in [3.63, 3.8) is 0 Å². The van der Waals surface area contributed by atoms with Crippen LogP contribution >= 0.6 is 0 Å². The van der Waals surface area contributed by atoms with Gasteiger partial charge in [-0.3, -0.25) is 0 Å². The fourth-order valence-electron chi connectivity index (χ4n) is 4.20. The second-order valence-electron chi connectivity index (χ2n) is 7.64. The third-order valence-corrected chi connectivity index (χ3v) is 6.31. The standard InChI is InChI=1S/C16H28Si/c1-11-7-13(3)16-14(10-17(4,5)6)9-12(2)15(16)8-11/h7-8,12,14-16H,9-10H2,1-6H3. The van der Waals surface area contributed by atoms with Crippen LogP contribution in [0.5, 0.6) is 0 Å². The first-order valence-electron chi connectivity index (χ1n) is 7.14. The zero-order chi connectivity index (χ0) is 12.8. The number of hydrogen-bond donors (Lipinski definition) is 0. The Bertz CT molecular complexity index is 356. The lowest BCUT2D eigenvalue weighted by molar-refractivity contribution is 0.401. The minimum atomic E-state index is -0.923. The van der Waals surface area contributed by atoms with E-state index in [-0.39, 0.29) is 0 Å². The quantitative estimate of drug-likeness (QED) is 0.595. The minimum absolute atomic E-state index is 0.835. The van der Waals surface area contributed by atoms with Gasteiger partial charge in [-0.15, -0.1) is 0 Å². The Kier molecular flexibility index (Phi) is 3.42. The van der Waals surface area contributed by atoms with E-state index in [9.17, 15) is 0 Å². The van der Waals surface area contributed by atoms with Crippen molar-refractivity contribution in [2.45, 2.75) is 52.9 Å². The summed E-state index contributed by atoms with van der Waals surface area (Å²) < 4.78 is 0. The average molecular weight is 248 g/mol. The molecule has 0 saturated heterocycles. The summed E-state index contributed by atoms with van der Waals surface area (Å²) in [6.07, 6.45) is 6.43. The first-order chi connectivity index (χ1) is 7.78. The molecule has 96 valence electrons. The summed E-state index contributed by atoms with van der Waals surface area (Å²) in [5, 5.41) is 0. The van der Waals surface area contributed by atoms with Crippen molar-refractivity contribution in [2.75, 3.05) is 0 Å². The highest BCUT2D eigenvalue weighted by Gasteiger charge is 2.43. The lowest BCUT2D eigenvalue weighted by Gasteiger charge is -2.31. The highest BCUT2D eigenvalue weighted by molar-refractivity contribution is 6.76. The van der Waals surface area contributed by atoms with E-state index < -0.39 is 8.07 Å². The van der Waals surface area contributed by atoms with E-state index in [1.807, 2.05) is 0 Å². The molecule has 17 heavy (non-hydrogen) atoms. The molecular weight excluding hydrogens is 220 g/mol. The SMILES string of the molecule is CC1=CC2C(C)CC(C[Si](C)(C)C)C2C(C)=C1. The summed E-state index contributed by atoms with van der Waals surface area (Å²) in [4.78, 5) is 0. The Balaban J connectivity index is 2.22. The second kappa shape index (κ2) is 4.42. The zero-order valence-corrected chi connectivity index (χ0v) is 13.4. The van der Waals surface area contributed by atoms with Gasteiger partial charge in [-0.05, 0) is 43.9 Å². The van der Waals surface area contributed by atoms with E-state index in [1.54, 1.807) is 5.57 Å². The van der Waals surface area contributed by atoms with Crippen molar-refractivity contribution in [1.82, 2.24) is 0 Å². The van der Waals surface area contributed by atoms with Gasteiger partial charge < -0.3 is 0 Å². The summed E-state index contributed by atoms with van der Waals surface area (Å²) in [5.74, 6) is 3.55. The summed E-state index contributed by atoms with van der Waals surface area (Å²) in [5.41, 5.74) is 3.15. The fraction of sp³-hybridized carbons (Fsp3) is 0.750. The maximum absolute atomic E-state index is 2.55. The highest BCUT2D eigenvalue weighted by atomic mass is 28.3. The number of fused-ring (bicyclic) bond motifs is 1. The van der Waals surface area contributed by atoms with E-state index >= 15 is 0 Å². The molecule has 0 nitrogen and oxygen atoms in total. The normalized spacial score (nSPS) is 37.5. The smallest absolute Gasteiger partial charge is 0.0445 e. The third kappa shape index (κ3) is 2.75. The van der Waals surface area contributed by atoms with Crippen LogP contribution in [0.15, 0.2) is 23.3 Å². The summed E-state index contributed by atoms with van der Waals surface area (Å²) in [7, 11) is -0.923. The van der Waals surface area contributed by atoms with Crippen LogP contribution in [0.1, 0.15) is 27.2 Å². The predicted molar refractivity (Wildman–Crippen MR) is 79.9 cm³/mol. The van der Waals surface area contributed by atoms with Crippen LogP contribution in [0, 0.1) is 23.7 Å². The Morgan fingerprint density at radius 3 is 2.47 bits per heavy atom. The Morgan fingerprint density at radius 1 is 1.24 bits per heavy atom. The Morgan fingerprint density at radius 2 is 1.88 bits per heavy atom. The fourth-order valence-corrected chi connectivity index (χ4v) is 6.19. The molecule has 4 atom stereocenters. The molecule has 2 aliphatic rings. The van der Waals surface area contributed by atoms with Crippen molar-refractivity contribution < 1.29 is 0 Å². The molecule has 0 radical (unpaired) electrons. The molecule has 1 saturated carbocycles. The van der Waals surface area contributed by atoms with E-state index in [0.29, 0.717) is 0 Å². The Labute approximate surface area is 108 Å². The molecule has 4 unspecified atom stereocenters. The molecule has 0 aromatic rings. The van der Waals surface area contributed by atoms with Gasteiger partial charge in [0.15, 0.2) is 0 Å². The molecule has 0 spiro atoms. The van der Waals surface area contributed by atoms with Crippen molar-refractivity contribution in [2.24, 2.45) is 23.7 Å². The van der Waals surface area contributed by atoms with E-state index in [0.717, 1.165) is 23.7 Å². The third-order valence-electron chi connectivity index (χ3n) is 4.57. The van der Waals surface area contributed by atoms with Crippen LogP contribution in [0.3, 0.4) is 0 Å². The van der Waals surface area contributed by atoms with Gasteiger partial charge in [0.2, 0.25) is 0 Å². The molecule has 0 N–H and O–H groups in total. The average Bonchev–Trinajstić information content (AvgIpc) is 2.39. The van der Waals surface area contributed by atoms with Crippen LogP contribution < -0.4 is 0 Å². The maximum atomic E-state index is 2.55. The van der Waals surface area contributed by atoms with Gasteiger partial charge in [-0.2, -0.15) is 0 Å². The van der Waals surface area contributed by atoms with Crippen molar-refractivity contribution in [1.29, 1.82) is 0 Å². The molecule has 1 fully saturated rings. The molecule has 0 heterocycles. The van der Waals surface area contributed by atoms with Crippen molar-refractivity contribution in [3.05, 3.63) is 23.3 Å². The lowest BCUT2D eigenvalue weighted by Crippen LogP contribution is -2.28. The van der Waals surface area contributed by atoms with Gasteiger partial charge in [0.25, 0.3) is 0 Å². The second-order valence-corrected chi connectivity index (χ2v) is 13.2. The summed E-state index contributed by atoms with van der Waals surface area (Å²) >= 11 is 0. The van der Waals surface area contributed by atoms with Gasteiger partial charge in [0, 0.05) is 8.07 Å². The van der Waals surface area contributed by atoms with Crippen molar-refractivity contribution >= 4 is 8.07 Å². The molecule has 2 aliphatic carbocycles. The molecule has 0 aromatic carbocycles. The molecule has 1 heteroatoms. The first kappa shape index (κ1) is 13.1. The minimum Gasteiger partial charge on any atom is -0.0776 e. The topological polar surface area (TPSA) is 0 Å². The summed E-state index contributed by atoms with van der Waals surface area (Å²) in [6.45, 7) is 14.7. The molecular formula is C16H28Si. The van der Waals surface area contributed by atoms with Gasteiger partial charge in [-0.25, -0.2) is 0 Å². The Hall–Kier alpha value is -0.303. The van der Waals surface area contributed by atoms with Crippen LogP contribution in [-0.4, -0.2) is 8.07 Å². The highest BCUT2D eigenvalue weighted by Crippen LogP contribution is 2.51. The zero-order valence-electron chi connectivity index (χ0n) is 12.4. The predicted octanol–water partition coefficient (Wildman–Crippen LogP) is 5.12. The molecule has 0 bridgehead atoms. The van der Waals surface area contributed by atoms with Gasteiger partial charge in [0.05, 0.1) is 0 Å². The van der Waals surface area contributed by atoms with Crippen LogP contribution in [0.25, 0.3) is 0 Å².